The van der Waals surface area contributed by atoms with E-state index in [1.165, 1.54) is 4.80 Å². The largest absolute Gasteiger partial charge is 0.451 e. The molecular weight excluding hydrogens is 374 g/mol. The van der Waals surface area contributed by atoms with Gasteiger partial charge in [-0.1, -0.05) is 17.7 Å². The Morgan fingerprint density at radius 3 is 2.45 bits per heavy atom. The molecule has 3 rings (SSSR count). The first-order valence-electron chi connectivity index (χ1n) is 9.52. The Balaban J connectivity index is 1.61. The van der Waals surface area contributed by atoms with Crippen molar-refractivity contribution in [1.29, 1.82) is 0 Å². The van der Waals surface area contributed by atoms with Gasteiger partial charge in [0.05, 0.1) is 11.4 Å². The van der Waals surface area contributed by atoms with Crippen LogP contribution in [0.25, 0.3) is 5.69 Å². The molecule has 0 aliphatic carbocycles. The zero-order chi connectivity index (χ0) is 21.1. The molecule has 0 spiro atoms. The first kappa shape index (κ1) is 20.5. The van der Waals surface area contributed by atoms with Gasteiger partial charge in [0.2, 0.25) is 5.91 Å². The van der Waals surface area contributed by atoms with Gasteiger partial charge >= 0.3 is 5.97 Å². The highest BCUT2D eigenvalue weighted by Gasteiger charge is 2.27. The molecule has 1 fully saturated rings. The fraction of sp³-hybridized carbons (Fsp3) is 0.450. The quantitative estimate of drug-likeness (QED) is 0.751. The number of piperidine rings is 1. The number of carbonyl (C=O) groups excluding carboxylic acids is 3. The Kier molecular flexibility index (Phi) is 5.95. The maximum atomic E-state index is 12.4. The van der Waals surface area contributed by atoms with Gasteiger partial charge in [-0.25, -0.2) is 4.79 Å². The van der Waals surface area contributed by atoms with E-state index >= 15 is 0 Å². The maximum Gasteiger partial charge on any atom is 0.361 e. The highest BCUT2D eigenvalue weighted by atomic mass is 16.5. The number of benzene rings is 1. The number of hydrogen-bond acceptors (Lipinski definition) is 6. The van der Waals surface area contributed by atoms with E-state index in [9.17, 15) is 14.4 Å². The van der Waals surface area contributed by atoms with Crippen LogP contribution in [0.3, 0.4) is 0 Å². The second kappa shape index (κ2) is 8.42. The molecule has 29 heavy (non-hydrogen) atoms. The summed E-state index contributed by atoms with van der Waals surface area (Å²) in [7, 11) is 0. The SMILES string of the molecule is Cc1ccc(-n2nc(C)c(C(=O)OCC(=O)N3CCC(C(N)=O)CC3)n2)c(C)c1. The lowest BCUT2D eigenvalue weighted by atomic mass is 9.96. The molecule has 1 aliphatic heterocycles. The molecule has 1 aliphatic rings. The van der Waals surface area contributed by atoms with E-state index in [-0.39, 0.29) is 30.0 Å². The van der Waals surface area contributed by atoms with E-state index in [1.807, 2.05) is 32.0 Å². The first-order valence-corrected chi connectivity index (χ1v) is 9.52. The predicted octanol–water partition coefficient (Wildman–Crippen LogP) is 1.07. The number of aryl methyl sites for hydroxylation is 3. The van der Waals surface area contributed by atoms with Crippen molar-refractivity contribution < 1.29 is 19.1 Å². The van der Waals surface area contributed by atoms with E-state index in [2.05, 4.69) is 10.2 Å². The molecule has 0 atom stereocenters. The molecule has 0 unspecified atom stereocenters. The summed E-state index contributed by atoms with van der Waals surface area (Å²) in [5.74, 6) is -1.55. The van der Waals surface area contributed by atoms with Crippen molar-refractivity contribution in [3.8, 4) is 5.69 Å². The van der Waals surface area contributed by atoms with Crippen molar-refractivity contribution in [2.45, 2.75) is 33.6 Å². The molecule has 2 heterocycles. The van der Waals surface area contributed by atoms with Gasteiger partial charge in [0, 0.05) is 19.0 Å². The smallest absolute Gasteiger partial charge is 0.361 e. The van der Waals surface area contributed by atoms with Gasteiger partial charge in [-0.05, 0) is 45.2 Å². The molecule has 0 radical (unpaired) electrons. The number of amides is 2. The van der Waals surface area contributed by atoms with Crippen LogP contribution in [0, 0.1) is 26.7 Å². The zero-order valence-corrected chi connectivity index (χ0v) is 16.8. The van der Waals surface area contributed by atoms with Crippen LogP contribution in [0.15, 0.2) is 18.2 Å². The standard InChI is InChI=1S/C20H25N5O4/c1-12-4-5-16(13(2)10-12)25-22-14(3)18(23-25)20(28)29-11-17(26)24-8-6-15(7-9-24)19(21)27/h4-5,10,15H,6-9,11H2,1-3H3,(H2,21,27). The Hall–Kier alpha value is -3.23. The molecule has 9 heteroatoms. The number of nitrogens with zero attached hydrogens (tertiary/aromatic N) is 4. The summed E-state index contributed by atoms with van der Waals surface area (Å²) >= 11 is 0. The number of ether oxygens (including phenoxy) is 1. The number of aromatic nitrogens is 3. The summed E-state index contributed by atoms with van der Waals surface area (Å²) in [5, 5.41) is 8.54. The Labute approximate surface area is 168 Å². The lowest BCUT2D eigenvalue weighted by molar-refractivity contribution is -0.137. The molecular formula is C20H25N5O4. The van der Waals surface area contributed by atoms with Crippen LogP contribution in [0.5, 0.6) is 0 Å². The van der Waals surface area contributed by atoms with Crippen LogP contribution in [-0.4, -0.2) is 57.4 Å². The van der Waals surface area contributed by atoms with Crippen molar-refractivity contribution in [3.63, 3.8) is 0 Å². The minimum Gasteiger partial charge on any atom is -0.451 e. The minimum absolute atomic E-state index is 0.0743. The van der Waals surface area contributed by atoms with Gasteiger partial charge in [-0.3, -0.25) is 9.59 Å². The topological polar surface area (TPSA) is 120 Å². The number of nitrogens with two attached hydrogens (primary N) is 1. The third-order valence-corrected chi connectivity index (χ3v) is 5.12. The fourth-order valence-corrected chi connectivity index (χ4v) is 3.41. The van der Waals surface area contributed by atoms with Gasteiger partial charge < -0.3 is 15.4 Å². The van der Waals surface area contributed by atoms with Crippen molar-refractivity contribution in [3.05, 3.63) is 40.7 Å². The predicted molar refractivity (Wildman–Crippen MR) is 104 cm³/mol. The van der Waals surface area contributed by atoms with E-state index in [0.717, 1.165) is 16.8 Å². The molecule has 1 aromatic carbocycles. The minimum atomic E-state index is -0.695. The van der Waals surface area contributed by atoms with Crippen molar-refractivity contribution in [2.24, 2.45) is 11.7 Å². The summed E-state index contributed by atoms with van der Waals surface area (Å²) in [4.78, 5) is 38.9. The maximum absolute atomic E-state index is 12.4. The molecule has 154 valence electrons. The van der Waals surface area contributed by atoms with Gasteiger partial charge in [-0.2, -0.15) is 9.90 Å². The average Bonchev–Trinajstić information content (AvgIpc) is 3.07. The van der Waals surface area contributed by atoms with Gasteiger partial charge in [0.1, 0.15) is 0 Å². The molecule has 9 nitrogen and oxygen atoms in total. The molecule has 1 aromatic heterocycles. The van der Waals surface area contributed by atoms with E-state index in [1.54, 1.807) is 11.8 Å². The number of hydrogen-bond donors (Lipinski definition) is 1. The van der Waals surface area contributed by atoms with Crippen LogP contribution in [0.2, 0.25) is 0 Å². The molecule has 0 saturated carbocycles. The van der Waals surface area contributed by atoms with Crippen molar-refractivity contribution >= 4 is 17.8 Å². The number of rotatable bonds is 5. The Morgan fingerprint density at radius 2 is 1.83 bits per heavy atom. The average molecular weight is 399 g/mol. The van der Waals surface area contributed by atoms with Crippen LogP contribution in [0.1, 0.15) is 40.2 Å². The third kappa shape index (κ3) is 4.61. The van der Waals surface area contributed by atoms with Crippen molar-refractivity contribution in [2.75, 3.05) is 19.7 Å². The van der Waals surface area contributed by atoms with Crippen LogP contribution >= 0.6 is 0 Å². The Bertz CT molecular complexity index is 944. The van der Waals surface area contributed by atoms with Gasteiger partial charge in [-0.15, -0.1) is 5.10 Å². The van der Waals surface area contributed by atoms with Crippen molar-refractivity contribution in [1.82, 2.24) is 19.9 Å². The molecule has 2 amide bonds. The van der Waals surface area contributed by atoms with Crippen LogP contribution in [-0.2, 0) is 14.3 Å². The summed E-state index contributed by atoms with van der Waals surface area (Å²) < 4.78 is 5.16. The number of primary amides is 1. The molecule has 1 saturated heterocycles. The monoisotopic (exact) mass is 399 g/mol. The summed E-state index contributed by atoms with van der Waals surface area (Å²) in [5.41, 5.74) is 8.66. The third-order valence-electron chi connectivity index (χ3n) is 5.12. The first-order chi connectivity index (χ1) is 13.8. The fourth-order valence-electron chi connectivity index (χ4n) is 3.41. The van der Waals surface area contributed by atoms with Crippen LogP contribution in [0.4, 0.5) is 0 Å². The normalized spacial score (nSPS) is 14.7. The molecule has 2 aromatic rings. The second-order valence-electron chi connectivity index (χ2n) is 7.35. The summed E-state index contributed by atoms with van der Waals surface area (Å²) in [6.07, 6.45) is 1.05. The number of likely N-dealkylation sites (tertiary alicyclic amines) is 1. The number of carbonyl (C=O) groups is 3. The van der Waals surface area contributed by atoms with E-state index < -0.39 is 5.97 Å². The molecule has 2 N–H and O–H groups in total. The second-order valence-corrected chi connectivity index (χ2v) is 7.35. The van der Waals surface area contributed by atoms with Gasteiger partial charge in [0.25, 0.3) is 5.91 Å². The van der Waals surface area contributed by atoms with Crippen LogP contribution < -0.4 is 5.73 Å². The lowest BCUT2D eigenvalue weighted by Crippen LogP contribution is -2.43. The Morgan fingerprint density at radius 1 is 1.14 bits per heavy atom. The zero-order valence-electron chi connectivity index (χ0n) is 16.8. The highest BCUT2D eigenvalue weighted by Crippen LogP contribution is 2.18. The highest BCUT2D eigenvalue weighted by molar-refractivity contribution is 5.90. The van der Waals surface area contributed by atoms with E-state index in [4.69, 9.17) is 10.5 Å². The molecule has 0 bridgehead atoms. The van der Waals surface area contributed by atoms with Gasteiger partial charge in [0.15, 0.2) is 12.3 Å². The van der Waals surface area contributed by atoms with E-state index in [0.29, 0.717) is 31.6 Å². The summed E-state index contributed by atoms with van der Waals surface area (Å²) in [6.45, 7) is 6.07. The summed E-state index contributed by atoms with van der Waals surface area (Å²) in [6, 6.07) is 5.84. The lowest BCUT2D eigenvalue weighted by Gasteiger charge is -2.30. The number of esters is 1.